The average molecular weight is 553 g/mol. The molecule has 43 heavy (non-hydrogen) atoms. The molecule has 0 aliphatic rings. The zero-order chi connectivity index (χ0) is 28.9. The SMILES string of the molecule is CN=C(/C=C(\N)c1cccc(-c2ccccc2)c1)c1ccc2c(c1)c1cccc3oc4cc(-c5ccccc5)cc2c4c31. The van der Waals surface area contributed by atoms with Crippen molar-refractivity contribution < 1.29 is 4.42 Å². The minimum Gasteiger partial charge on any atom is -0.456 e. The Kier molecular flexibility index (Phi) is 5.83. The molecule has 0 bridgehead atoms. The largest absolute Gasteiger partial charge is 0.456 e. The van der Waals surface area contributed by atoms with Crippen molar-refractivity contribution in [3.8, 4) is 22.3 Å². The van der Waals surface area contributed by atoms with E-state index < -0.39 is 0 Å². The number of hydrogen-bond acceptors (Lipinski definition) is 3. The van der Waals surface area contributed by atoms with Crippen molar-refractivity contribution in [3.05, 3.63) is 151 Å². The fraction of sp³-hybridized carbons (Fsp3) is 0.0250. The Hall–Kier alpha value is -5.67. The minimum atomic E-state index is 0.674. The summed E-state index contributed by atoms with van der Waals surface area (Å²) in [7, 11) is 1.82. The van der Waals surface area contributed by atoms with E-state index in [2.05, 4.69) is 114 Å². The number of fused-ring (bicyclic) bond motifs is 3. The van der Waals surface area contributed by atoms with E-state index in [1.807, 2.05) is 37.4 Å². The molecule has 1 heterocycles. The van der Waals surface area contributed by atoms with Gasteiger partial charge in [-0.25, -0.2) is 0 Å². The molecule has 0 amide bonds. The molecule has 0 saturated carbocycles. The number of rotatable bonds is 5. The van der Waals surface area contributed by atoms with E-state index in [1.165, 1.54) is 37.9 Å². The highest BCUT2D eigenvalue weighted by molar-refractivity contribution is 6.34. The summed E-state index contributed by atoms with van der Waals surface area (Å²) in [6.45, 7) is 0. The Morgan fingerprint density at radius 1 is 0.535 bits per heavy atom. The number of nitrogens with two attached hydrogens (primary N) is 1. The van der Waals surface area contributed by atoms with Gasteiger partial charge in [-0.1, -0.05) is 103 Å². The van der Waals surface area contributed by atoms with Crippen LogP contribution < -0.4 is 5.73 Å². The summed E-state index contributed by atoms with van der Waals surface area (Å²) >= 11 is 0. The molecule has 2 N–H and O–H groups in total. The van der Waals surface area contributed by atoms with Crippen LogP contribution in [0.2, 0.25) is 0 Å². The molecule has 0 aliphatic heterocycles. The first-order chi connectivity index (χ1) is 21.2. The lowest BCUT2D eigenvalue weighted by atomic mass is 9.90. The van der Waals surface area contributed by atoms with Crippen LogP contribution in [0.5, 0.6) is 0 Å². The van der Waals surface area contributed by atoms with Crippen molar-refractivity contribution in [3.63, 3.8) is 0 Å². The molecule has 0 saturated heterocycles. The van der Waals surface area contributed by atoms with E-state index in [0.717, 1.165) is 44.7 Å². The number of allylic oxidation sites excluding steroid dienone is 1. The fourth-order valence-corrected chi connectivity index (χ4v) is 6.36. The molecule has 0 spiro atoms. The molecule has 0 fully saturated rings. The molecular formula is C40H28N2O. The third-order valence-electron chi connectivity index (χ3n) is 8.44. The maximum atomic E-state index is 6.70. The molecule has 3 nitrogen and oxygen atoms in total. The molecule has 8 rings (SSSR count). The van der Waals surface area contributed by atoms with Gasteiger partial charge in [-0.15, -0.1) is 0 Å². The number of hydrogen-bond donors (Lipinski definition) is 1. The maximum Gasteiger partial charge on any atom is 0.136 e. The third-order valence-corrected chi connectivity index (χ3v) is 8.44. The average Bonchev–Trinajstić information content (AvgIpc) is 3.46. The van der Waals surface area contributed by atoms with Crippen LogP contribution in [0.15, 0.2) is 149 Å². The molecule has 0 atom stereocenters. The Bertz CT molecular complexity index is 2340. The summed E-state index contributed by atoms with van der Waals surface area (Å²) in [5.41, 5.74) is 16.6. The van der Waals surface area contributed by atoms with Crippen LogP contribution in [0, 0.1) is 0 Å². The van der Waals surface area contributed by atoms with Crippen molar-refractivity contribution in [2.45, 2.75) is 0 Å². The lowest BCUT2D eigenvalue weighted by Crippen LogP contribution is -2.04. The summed E-state index contributed by atoms with van der Waals surface area (Å²) in [6, 6.07) is 46.6. The Morgan fingerprint density at radius 2 is 1.23 bits per heavy atom. The first-order valence-electron chi connectivity index (χ1n) is 14.5. The lowest BCUT2D eigenvalue weighted by Gasteiger charge is -2.12. The Morgan fingerprint density at radius 3 is 2.00 bits per heavy atom. The smallest absolute Gasteiger partial charge is 0.136 e. The maximum absolute atomic E-state index is 6.70. The van der Waals surface area contributed by atoms with Crippen LogP contribution in [-0.4, -0.2) is 12.8 Å². The topological polar surface area (TPSA) is 51.5 Å². The molecular weight excluding hydrogens is 524 g/mol. The van der Waals surface area contributed by atoms with Gasteiger partial charge in [-0.2, -0.15) is 0 Å². The Balaban J connectivity index is 1.28. The van der Waals surface area contributed by atoms with E-state index in [-0.39, 0.29) is 0 Å². The van der Waals surface area contributed by atoms with Crippen molar-refractivity contribution in [1.29, 1.82) is 0 Å². The summed E-state index contributed by atoms with van der Waals surface area (Å²) < 4.78 is 6.44. The molecule has 7 aromatic carbocycles. The van der Waals surface area contributed by atoms with Crippen LogP contribution in [-0.2, 0) is 0 Å². The van der Waals surface area contributed by atoms with Crippen LogP contribution >= 0.6 is 0 Å². The second-order valence-electron chi connectivity index (χ2n) is 11.0. The van der Waals surface area contributed by atoms with E-state index in [1.54, 1.807) is 0 Å². The highest BCUT2D eigenvalue weighted by Crippen LogP contribution is 2.44. The van der Waals surface area contributed by atoms with Gasteiger partial charge in [0.2, 0.25) is 0 Å². The van der Waals surface area contributed by atoms with Crippen LogP contribution in [0.25, 0.3) is 71.4 Å². The minimum absolute atomic E-state index is 0.674. The van der Waals surface area contributed by atoms with Crippen LogP contribution in [0.1, 0.15) is 11.1 Å². The summed E-state index contributed by atoms with van der Waals surface area (Å²) in [5.74, 6) is 0. The van der Waals surface area contributed by atoms with Crippen molar-refractivity contribution >= 4 is 54.9 Å². The van der Waals surface area contributed by atoms with E-state index in [0.29, 0.717) is 5.70 Å². The predicted octanol–water partition coefficient (Wildman–Crippen LogP) is 10.1. The number of benzene rings is 7. The van der Waals surface area contributed by atoms with Crippen molar-refractivity contribution in [2.24, 2.45) is 10.7 Å². The highest BCUT2D eigenvalue weighted by atomic mass is 16.3. The standard InChI is InChI=1S/C40H28N2O/c1-42-36(24-35(41)28-15-8-14-27(20-28)25-10-4-2-5-11-25)29-18-19-31-33(21-29)32-16-9-17-37-39(32)40-34(31)22-30(23-38(40)43-37)26-12-6-3-7-13-26/h2-24H,41H2,1H3/b35-24-,42-36?. The quantitative estimate of drug-likeness (QED) is 0.171. The zero-order valence-electron chi connectivity index (χ0n) is 23.7. The molecule has 1 aromatic heterocycles. The molecule has 8 aromatic rings. The summed E-state index contributed by atoms with van der Waals surface area (Å²) in [6.07, 6.45) is 1.98. The zero-order valence-corrected chi connectivity index (χ0v) is 23.7. The fourth-order valence-electron chi connectivity index (χ4n) is 6.36. The third kappa shape index (κ3) is 4.17. The summed E-state index contributed by atoms with van der Waals surface area (Å²) in [5, 5.41) is 7.07. The number of furan rings is 1. The van der Waals surface area contributed by atoms with Gasteiger partial charge < -0.3 is 10.2 Å². The van der Waals surface area contributed by atoms with Gasteiger partial charge in [0.25, 0.3) is 0 Å². The van der Waals surface area contributed by atoms with Gasteiger partial charge in [-0.3, -0.25) is 4.99 Å². The first kappa shape index (κ1) is 25.1. The second kappa shape index (κ2) is 10.0. The van der Waals surface area contributed by atoms with E-state index in [9.17, 15) is 0 Å². The van der Waals surface area contributed by atoms with Gasteiger partial charge in [0.15, 0.2) is 0 Å². The van der Waals surface area contributed by atoms with Crippen LogP contribution in [0.4, 0.5) is 0 Å². The van der Waals surface area contributed by atoms with Crippen LogP contribution in [0.3, 0.4) is 0 Å². The van der Waals surface area contributed by atoms with Gasteiger partial charge in [0.1, 0.15) is 11.2 Å². The normalized spacial score (nSPS) is 12.7. The van der Waals surface area contributed by atoms with E-state index in [4.69, 9.17) is 10.2 Å². The first-order valence-corrected chi connectivity index (χ1v) is 14.5. The predicted molar refractivity (Wildman–Crippen MR) is 182 cm³/mol. The summed E-state index contributed by atoms with van der Waals surface area (Å²) in [4.78, 5) is 4.67. The van der Waals surface area contributed by atoms with Crippen molar-refractivity contribution in [1.82, 2.24) is 0 Å². The lowest BCUT2D eigenvalue weighted by molar-refractivity contribution is 0.669. The van der Waals surface area contributed by atoms with Gasteiger partial charge in [0.05, 0.1) is 5.71 Å². The number of aliphatic imine (C=N–C) groups is 1. The van der Waals surface area contributed by atoms with Gasteiger partial charge in [-0.05, 0) is 85.8 Å². The highest BCUT2D eigenvalue weighted by Gasteiger charge is 2.19. The molecule has 0 aliphatic carbocycles. The molecule has 0 unspecified atom stereocenters. The van der Waals surface area contributed by atoms with E-state index >= 15 is 0 Å². The Labute approximate surface area is 249 Å². The molecule has 204 valence electrons. The van der Waals surface area contributed by atoms with Crippen molar-refractivity contribution in [2.75, 3.05) is 7.05 Å². The number of nitrogens with zero attached hydrogens (tertiary/aromatic N) is 1. The van der Waals surface area contributed by atoms with Gasteiger partial charge in [0, 0.05) is 29.1 Å². The molecule has 3 heteroatoms. The monoisotopic (exact) mass is 552 g/mol. The molecule has 0 radical (unpaired) electrons. The van der Waals surface area contributed by atoms with Gasteiger partial charge >= 0.3 is 0 Å². The second-order valence-corrected chi connectivity index (χ2v) is 11.0.